The molecule has 21 heavy (non-hydrogen) atoms. The van der Waals surface area contributed by atoms with E-state index in [0.717, 1.165) is 16.8 Å². The summed E-state index contributed by atoms with van der Waals surface area (Å²) in [5.41, 5.74) is 8.07. The summed E-state index contributed by atoms with van der Waals surface area (Å²) in [6.45, 7) is 0.519. The molecule has 7 heteroatoms. The van der Waals surface area contributed by atoms with Crippen molar-refractivity contribution in [2.24, 2.45) is 5.73 Å². The van der Waals surface area contributed by atoms with Gasteiger partial charge < -0.3 is 11.1 Å². The zero-order valence-corrected chi connectivity index (χ0v) is 13.0. The Balaban J connectivity index is 2.12. The molecule has 0 bridgehead atoms. The average Bonchev–Trinajstić information content (AvgIpc) is 2.45. The van der Waals surface area contributed by atoms with Crippen LogP contribution in [-0.4, -0.2) is 24.6 Å². The van der Waals surface area contributed by atoms with Gasteiger partial charge in [0.25, 0.3) is 0 Å². The number of nitrogens with zero attached hydrogens (tertiary/aromatic N) is 1. The van der Waals surface area contributed by atoms with Crippen LogP contribution in [0.4, 0.5) is 5.69 Å². The van der Waals surface area contributed by atoms with Gasteiger partial charge in [0.1, 0.15) is 4.99 Å². The van der Waals surface area contributed by atoms with Crippen LogP contribution in [0, 0.1) is 0 Å². The van der Waals surface area contributed by atoms with E-state index in [2.05, 4.69) is 10.3 Å². The van der Waals surface area contributed by atoms with Gasteiger partial charge in [-0.3, -0.25) is 4.98 Å². The van der Waals surface area contributed by atoms with Crippen molar-refractivity contribution in [1.82, 2.24) is 4.98 Å². The number of pyridine rings is 1. The van der Waals surface area contributed by atoms with Gasteiger partial charge in [0.2, 0.25) is 0 Å². The number of nitrogens with two attached hydrogens (primary N) is 1. The third-order valence-corrected chi connectivity index (χ3v) is 4.27. The van der Waals surface area contributed by atoms with Crippen LogP contribution in [0.15, 0.2) is 47.6 Å². The van der Waals surface area contributed by atoms with Gasteiger partial charge in [-0.25, -0.2) is 8.42 Å². The molecule has 110 valence electrons. The van der Waals surface area contributed by atoms with E-state index >= 15 is 0 Å². The third-order valence-electron chi connectivity index (χ3n) is 2.92. The fourth-order valence-corrected chi connectivity index (χ4v) is 2.61. The van der Waals surface area contributed by atoms with Crippen LogP contribution < -0.4 is 11.1 Å². The molecule has 0 aliphatic carbocycles. The van der Waals surface area contributed by atoms with Crippen molar-refractivity contribution in [3.63, 3.8) is 0 Å². The lowest BCUT2D eigenvalue weighted by atomic mass is 10.2. The van der Waals surface area contributed by atoms with Crippen molar-refractivity contribution in [1.29, 1.82) is 0 Å². The van der Waals surface area contributed by atoms with Gasteiger partial charge >= 0.3 is 0 Å². The van der Waals surface area contributed by atoms with Gasteiger partial charge in [-0.15, -0.1) is 0 Å². The first-order chi connectivity index (χ1) is 9.88. The highest BCUT2D eigenvalue weighted by atomic mass is 32.2. The molecule has 0 aliphatic rings. The van der Waals surface area contributed by atoms with Crippen molar-refractivity contribution in [3.8, 4) is 0 Å². The maximum Gasteiger partial charge on any atom is 0.175 e. The molecule has 3 N–H and O–H groups in total. The minimum absolute atomic E-state index is 0.298. The molecule has 1 aromatic carbocycles. The zero-order valence-electron chi connectivity index (χ0n) is 11.4. The molecule has 2 rings (SSSR count). The first-order valence-corrected chi connectivity index (χ1v) is 8.44. The molecule has 0 saturated carbocycles. The lowest BCUT2D eigenvalue weighted by Gasteiger charge is -2.10. The van der Waals surface area contributed by atoms with Crippen LogP contribution in [0.5, 0.6) is 0 Å². The first-order valence-electron chi connectivity index (χ1n) is 6.14. The van der Waals surface area contributed by atoms with Crippen LogP contribution in [0.3, 0.4) is 0 Å². The fraction of sp³-hybridized carbons (Fsp3) is 0.143. The molecule has 0 unspecified atom stereocenters. The molecule has 0 radical (unpaired) electrons. The van der Waals surface area contributed by atoms with Crippen molar-refractivity contribution in [2.75, 3.05) is 11.6 Å². The third kappa shape index (κ3) is 3.99. The van der Waals surface area contributed by atoms with E-state index in [9.17, 15) is 8.42 Å². The molecule has 2 aromatic rings. The van der Waals surface area contributed by atoms with Crippen LogP contribution in [0.1, 0.15) is 11.1 Å². The summed E-state index contributed by atoms with van der Waals surface area (Å²) in [6.07, 6.45) is 4.46. The molecule has 1 heterocycles. The number of aromatic nitrogens is 1. The van der Waals surface area contributed by atoms with Gasteiger partial charge in [0.15, 0.2) is 9.84 Å². The maximum absolute atomic E-state index is 11.4. The van der Waals surface area contributed by atoms with E-state index < -0.39 is 9.84 Å². The number of nitrogens with one attached hydrogen (secondary N) is 1. The molecule has 1 aromatic heterocycles. The Kier molecular flexibility index (Phi) is 4.54. The Morgan fingerprint density at radius 3 is 2.52 bits per heavy atom. The van der Waals surface area contributed by atoms with Gasteiger partial charge in [-0.05, 0) is 23.8 Å². The SMILES string of the molecule is CS(=O)(=O)c1ccc(CNc2cnccc2C(N)=S)cc1. The fourth-order valence-electron chi connectivity index (χ4n) is 1.80. The maximum atomic E-state index is 11.4. The van der Waals surface area contributed by atoms with E-state index in [1.807, 2.05) is 0 Å². The second-order valence-electron chi connectivity index (χ2n) is 4.56. The van der Waals surface area contributed by atoms with Crippen LogP contribution >= 0.6 is 12.2 Å². The Morgan fingerprint density at radius 2 is 1.95 bits per heavy atom. The highest BCUT2D eigenvalue weighted by Crippen LogP contribution is 2.16. The summed E-state index contributed by atoms with van der Waals surface area (Å²) in [4.78, 5) is 4.63. The number of hydrogen-bond acceptors (Lipinski definition) is 5. The van der Waals surface area contributed by atoms with Crippen LogP contribution in [0.25, 0.3) is 0 Å². The Bertz CT molecular complexity index is 756. The van der Waals surface area contributed by atoms with Gasteiger partial charge in [0.05, 0.1) is 16.8 Å². The number of thiocarbonyl (C=S) groups is 1. The summed E-state index contributed by atoms with van der Waals surface area (Å²) < 4.78 is 22.8. The van der Waals surface area contributed by atoms with E-state index in [1.165, 1.54) is 6.26 Å². The number of hydrogen-bond donors (Lipinski definition) is 2. The quantitative estimate of drug-likeness (QED) is 0.816. The topological polar surface area (TPSA) is 85.1 Å². The van der Waals surface area contributed by atoms with Gasteiger partial charge in [-0.2, -0.15) is 0 Å². The Morgan fingerprint density at radius 1 is 1.29 bits per heavy atom. The van der Waals surface area contributed by atoms with Crippen molar-refractivity contribution in [3.05, 3.63) is 53.9 Å². The monoisotopic (exact) mass is 321 g/mol. The lowest BCUT2D eigenvalue weighted by molar-refractivity contribution is 0.602. The Hall–Kier alpha value is -1.99. The molecule has 0 aliphatic heterocycles. The number of anilines is 1. The zero-order chi connectivity index (χ0) is 15.5. The second kappa shape index (κ2) is 6.19. The summed E-state index contributed by atoms with van der Waals surface area (Å²) in [7, 11) is -3.17. The van der Waals surface area contributed by atoms with E-state index in [-0.39, 0.29) is 0 Å². The number of rotatable bonds is 5. The molecular formula is C14H15N3O2S2. The molecule has 0 fully saturated rings. The highest BCUT2D eigenvalue weighted by molar-refractivity contribution is 7.90. The molecule has 0 amide bonds. The molecular weight excluding hydrogens is 306 g/mol. The largest absolute Gasteiger partial charge is 0.389 e. The molecule has 5 nitrogen and oxygen atoms in total. The predicted molar refractivity (Wildman–Crippen MR) is 87.0 cm³/mol. The van der Waals surface area contributed by atoms with Crippen molar-refractivity contribution in [2.45, 2.75) is 11.4 Å². The normalized spacial score (nSPS) is 11.1. The average molecular weight is 321 g/mol. The van der Waals surface area contributed by atoms with Crippen LogP contribution in [0.2, 0.25) is 0 Å². The predicted octanol–water partition coefficient (Wildman–Crippen LogP) is 1.73. The van der Waals surface area contributed by atoms with Crippen LogP contribution in [-0.2, 0) is 16.4 Å². The summed E-state index contributed by atoms with van der Waals surface area (Å²) in [6, 6.07) is 8.45. The standard InChI is InChI=1S/C14H15N3O2S2/c1-21(18,19)11-4-2-10(3-5-11)8-17-13-9-16-7-6-12(13)14(15)20/h2-7,9,17H,8H2,1H3,(H2,15,20). The summed E-state index contributed by atoms with van der Waals surface area (Å²) >= 11 is 4.98. The van der Waals surface area contributed by atoms with Crippen molar-refractivity contribution >= 4 is 32.7 Å². The van der Waals surface area contributed by atoms with E-state index in [0.29, 0.717) is 16.4 Å². The van der Waals surface area contributed by atoms with Crippen molar-refractivity contribution < 1.29 is 8.42 Å². The molecule has 0 spiro atoms. The smallest absolute Gasteiger partial charge is 0.175 e. The van der Waals surface area contributed by atoms with Gasteiger partial charge in [-0.1, -0.05) is 24.4 Å². The van der Waals surface area contributed by atoms with E-state index in [4.69, 9.17) is 18.0 Å². The minimum Gasteiger partial charge on any atom is -0.389 e. The number of benzene rings is 1. The molecule has 0 atom stereocenters. The summed E-state index contributed by atoms with van der Waals surface area (Å²) in [5.74, 6) is 0. The second-order valence-corrected chi connectivity index (χ2v) is 7.01. The van der Waals surface area contributed by atoms with E-state index in [1.54, 1.807) is 42.7 Å². The number of sulfone groups is 1. The lowest BCUT2D eigenvalue weighted by Crippen LogP contribution is -2.13. The summed E-state index contributed by atoms with van der Waals surface area (Å²) in [5, 5.41) is 3.19. The highest BCUT2D eigenvalue weighted by Gasteiger charge is 2.07. The molecule has 0 saturated heterocycles. The minimum atomic E-state index is -3.17. The Labute approximate surface area is 129 Å². The first kappa shape index (κ1) is 15.4. The van der Waals surface area contributed by atoms with Gasteiger partial charge in [0, 0.05) is 24.6 Å².